The van der Waals surface area contributed by atoms with Crippen LogP contribution in [-0.2, 0) is 5.60 Å². The molecule has 0 heterocycles. The van der Waals surface area contributed by atoms with Crippen molar-refractivity contribution < 1.29 is 10.2 Å². The molecule has 1 rings (SSSR count). The van der Waals surface area contributed by atoms with Gasteiger partial charge in [0.1, 0.15) is 5.75 Å². The molecule has 0 aliphatic heterocycles. The van der Waals surface area contributed by atoms with Gasteiger partial charge in [-0.25, -0.2) is 0 Å². The first-order chi connectivity index (χ1) is 8.06. The average molecular weight is 236 g/mol. The van der Waals surface area contributed by atoms with Gasteiger partial charge in [-0.2, -0.15) is 0 Å². The molecule has 0 aliphatic carbocycles. The highest BCUT2D eigenvalue weighted by Crippen LogP contribution is 2.28. The third-order valence-corrected chi connectivity index (χ3v) is 3.26. The lowest BCUT2D eigenvalue weighted by atomic mass is 9.90. The van der Waals surface area contributed by atoms with E-state index in [1.165, 1.54) is 25.7 Å². The van der Waals surface area contributed by atoms with Crippen molar-refractivity contribution in [3.8, 4) is 5.75 Å². The second-order valence-electron chi connectivity index (χ2n) is 4.98. The molecule has 0 fully saturated rings. The Morgan fingerprint density at radius 1 is 1.00 bits per heavy atom. The summed E-state index contributed by atoms with van der Waals surface area (Å²) in [5.41, 5.74) is 0.103. The molecular formula is C15H24O2. The summed E-state index contributed by atoms with van der Waals surface area (Å²) in [7, 11) is 0. The average Bonchev–Trinajstić information content (AvgIpc) is 2.29. The van der Waals surface area contributed by atoms with Crippen molar-refractivity contribution >= 4 is 0 Å². The molecule has 0 spiro atoms. The smallest absolute Gasteiger partial charge is 0.115 e. The Labute approximate surface area is 104 Å². The van der Waals surface area contributed by atoms with E-state index in [-0.39, 0.29) is 5.75 Å². The summed E-state index contributed by atoms with van der Waals surface area (Å²) in [6.07, 6.45) is 6.79. The second-order valence-corrected chi connectivity index (χ2v) is 4.98. The largest absolute Gasteiger partial charge is 0.508 e. The molecule has 1 atom stereocenters. The van der Waals surface area contributed by atoms with Crippen LogP contribution in [0.25, 0.3) is 0 Å². The summed E-state index contributed by atoms with van der Waals surface area (Å²) in [5.74, 6) is 0.243. The van der Waals surface area contributed by atoms with Crippen LogP contribution in [0.5, 0.6) is 5.75 Å². The van der Waals surface area contributed by atoms with Crippen LogP contribution < -0.4 is 0 Å². The fourth-order valence-electron chi connectivity index (χ4n) is 2.04. The first-order valence-corrected chi connectivity index (χ1v) is 6.58. The van der Waals surface area contributed by atoms with Crippen molar-refractivity contribution in [3.63, 3.8) is 0 Å². The summed E-state index contributed by atoms with van der Waals surface area (Å²) >= 11 is 0. The molecule has 96 valence electrons. The quantitative estimate of drug-likeness (QED) is 0.703. The molecular weight excluding hydrogens is 212 g/mol. The van der Waals surface area contributed by atoms with Crippen LogP contribution >= 0.6 is 0 Å². The molecule has 2 N–H and O–H groups in total. The molecule has 0 bridgehead atoms. The molecule has 2 heteroatoms. The maximum absolute atomic E-state index is 10.4. The number of benzene rings is 1. The van der Waals surface area contributed by atoms with Gasteiger partial charge in [0.05, 0.1) is 5.60 Å². The van der Waals surface area contributed by atoms with Crippen LogP contribution in [-0.4, -0.2) is 10.2 Å². The molecule has 0 aliphatic rings. The van der Waals surface area contributed by atoms with Crippen LogP contribution in [0.1, 0.15) is 57.9 Å². The van der Waals surface area contributed by atoms with E-state index in [1.807, 2.05) is 6.92 Å². The molecule has 1 unspecified atom stereocenters. The Morgan fingerprint density at radius 3 is 2.18 bits per heavy atom. The topological polar surface area (TPSA) is 40.5 Å². The first-order valence-electron chi connectivity index (χ1n) is 6.58. The Bertz CT molecular complexity index is 314. The molecule has 2 nitrogen and oxygen atoms in total. The Kier molecular flexibility index (Phi) is 5.49. The highest BCUT2D eigenvalue weighted by Gasteiger charge is 2.21. The van der Waals surface area contributed by atoms with E-state index in [1.54, 1.807) is 24.3 Å². The van der Waals surface area contributed by atoms with E-state index in [4.69, 9.17) is 0 Å². The zero-order valence-corrected chi connectivity index (χ0v) is 10.9. The van der Waals surface area contributed by atoms with E-state index in [2.05, 4.69) is 6.92 Å². The maximum atomic E-state index is 10.4. The Morgan fingerprint density at radius 2 is 1.59 bits per heavy atom. The predicted octanol–water partition coefficient (Wildman–Crippen LogP) is 3.96. The van der Waals surface area contributed by atoms with Crippen LogP contribution in [0, 0.1) is 0 Å². The first kappa shape index (κ1) is 14.0. The minimum Gasteiger partial charge on any atom is -0.508 e. The molecule has 1 aromatic carbocycles. The van der Waals surface area contributed by atoms with Crippen molar-refractivity contribution in [1.82, 2.24) is 0 Å². The predicted molar refractivity (Wildman–Crippen MR) is 71.1 cm³/mol. The zero-order chi connectivity index (χ0) is 12.7. The lowest BCUT2D eigenvalue weighted by molar-refractivity contribution is 0.0448. The monoisotopic (exact) mass is 236 g/mol. The number of aliphatic hydroxyl groups is 1. The maximum Gasteiger partial charge on any atom is 0.115 e. The van der Waals surface area contributed by atoms with E-state index < -0.39 is 5.60 Å². The zero-order valence-electron chi connectivity index (χ0n) is 10.9. The molecule has 0 amide bonds. The van der Waals surface area contributed by atoms with Gasteiger partial charge in [0.2, 0.25) is 0 Å². The fraction of sp³-hybridized carbons (Fsp3) is 0.600. The lowest BCUT2D eigenvalue weighted by Gasteiger charge is -2.23. The van der Waals surface area contributed by atoms with Crippen molar-refractivity contribution in [2.45, 2.75) is 58.0 Å². The van der Waals surface area contributed by atoms with Gasteiger partial charge >= 0.3 is 0 Å². The fourth-order valence-corrected chi connectivity index (χ4v) is 2.04. The lowest BCUT2D eigenvalue weighted by Crippen LogP contribution is -2.20. The van der Waals surface area contributed by atoms with Gasteiger partial charge in [-0.15, -0.1) is 0 Å². The highest BCUT2D eigenvalue weighted by molar-refractivity contribution is 5.29. The van der Waals surface area contributed by atoms with Gasteiger partial charge in [-0.05, 0) is 31.0 Å². The van der Waals surface area contributed by atoms with Crippen LogP contribution in [0.15, 0.2) is 24.3 Å². The molecule has 17 heavy (non-hydrogen) atoms. The molecule has 1 aromatic rings. The third kappa shape index (κ3) is 4.78. The standard InChI is InChI=1S/C15H24O2/c1-3-4-5-6-7-12-15(2,17)13-8-10-14(16)11-9-13/h8-11,16-17H,3-7,12H2,1-2H3. The second kappa shape index (κ2) is 6.65. The summed E-state index contributed by atoms with van der Waals surface area (Å²) in [5, 5.41) is 19.6. The molecule has 0 radical (unpaired) electrons. The van der Waals surface area contributed by atoms with Crippen molar-refractivity contribution in [3.05, 3.63) is 29.8 Å². The number of unbranched alkanes of at least 4 members (excludes halogenated alkanes) is 4. The van der Waals surface area contributed by atoms with E-state index in [0.717, 1.165) is 18.4 Å². The molecule has 0 saturated heterocycles. The Hall–Kier alpha value is -1.02. The van der Waals surface area contributed by atoms with Crippen LogP contribution in [0.3, 0.4) is 0 Å². The van der Waals surface area contributed by atoms with Gasteiger partial charge < -0.3 is 10.2 Å². The van der Waals surface area contributed by atoms with Crippen LogP contribution in [0.2, 0.25) is 0 Å². The summed E-state index contributed by atoms with van der Waals surface area (Å²) in [4.78, 5) is 0. The minimum absolute atomic E-state index is 0.243. The van der Waals surface area contributed by atoms with E-state index >= 15 is 0 Å². The summed E-state index contributed by atoms with van der Waals surface area (Å²) in [6, 6.07) is 6.84. The molecule has 0 aromatic heterocycles. The number of rotatable bonds is 7. The Balaban J connectivity index is 2.42. The van der Waals surface area contributed by atoms with Gasteiger partial charge in [0, 0.05) is 0 Å². The van der Waals surface area contributed by atoms with Crippen molar-refractivity contribution in [2.24, 2.45) is 0 Å². The SMILES string of the molecule is CCCCCCCC(C)(O)c1ccc(O)cc1. The van der Waals surface area contributed by atoms with Gasteiger partial charge in [-0.3, -0.25) is 0 Å². The number of hydrogen-bond donors (Lipinski definition) is 2. The van der Waals surface area contributed by atoms with Gasteiger partial charge in [0.25, 0.3) is 0 Å². The number of phenols is 1. The van der Waals surface area contributed by atoms with Crippen molar-refractivity contribution in [1.29, 1.82) is 0 Å². The van der Waals surface area contributed by atoms with E-state index in [9.17, 15) is 10.2 Å². The van der Waals surface area contributed by atoms with Crippen molar-refractivity contribution in [2.75, 3.05) is 0 Å². The van der Waals surface area contributed by atoms with Gasteiger partial charge in [0.15, 0.2) is 0 Å². The highest BCUT2D eigenvalue weighted by atomic mass is 16.3. The van der Waals surface area contributed by atoms with E-state index in [0.29, 0.717) is 0 Å². The molecule has 0 saturated carbocycles. The van der Waals surface area contributed by atoms with Gasteiger partial charge in [-0.1, -0.05) is 51.2 Å². The third-order valence-electron chi connectivity index (χ3n) is 3.26. The van der Waals surface area contributed by atoms with Crippen LogP contribution in [0.4, 0.5) is 0 Å². The number of hydrogen-bond acceptors (Lipinski definition) is 2. The number of phenolic OH excluding ortho intramolecular Hbond substituents is 1. The normalized spacial score (nSPS) is 14.5. The number of aromatic hydroxyl groups is 1. The minimum atomic E-state index is -0.778. The summed E-state index contributed by atoms with van der Waals surface area (Å²) in [6.45, 7) is 4.05. The summed E-state index contributed by atoms with van der Waals surface area (Å²) < 4.78 is 0.